The van der Waals surface area contributed by atoms with E-state index in [0.717, 1.165) is 30.8 Å². The summed E-state index contributed by atoms with van der Waals surface area (Å²) in [5, 5.41) is 3.48. The highest BCUT2D eigenvalue weighted by molar-refractivity contribution is 5.29. The summed E-state index contributed by atoms with van der Waals surface area (Å²) in [4.78, 5) is 7.00. The van der Waals surface area contributed by atoms with E-state index in [4.69, 9.17) is 4.42 Å². The molecule has 4 nitrogen and oxygen atoms in total. The first-order chi connectivity index (χ1) is 9.36. The molecule has 1 N–H and O–H groups in total. The fourth-order valence-electron chi connectivity index (χ4n) is 2.99. The molecule has 2 aliphatic carbocycles. The minimum atomic E-state index is 0.627. The van der Waals surface area contributed by atoms with E-state index >= 15 is 0 Å². The van der Waals surface area contributed by atoms with Gasteiger partial charge in [-0.3, -0.25) is 0 Å². The van der Waals surface area contributed by atoms with Crippen molar-refractivity contribution in [2.24, 2.45) is 0 Å². The Balaban J connectivity index is 1.61. The Morgan fingerprint density at radius 2 is 2.05 bits per heavy atom. The predicted octanol–water partition coefficient (Wildman–Crippen LogP) is 3.09. The van der Waals surface area contributed by atoms with Gasteiger partial charge < -0.3 is 14.6 Å². The summed E-state index contributed by atoms with van der Waals surface area (Å²) in [6.45, 7) is 4.03. The number of nitrogens with zero attached hydrogens (tertiary/aromatic N) is 2. The third-order valence-corrected chi connectivity index (χ3v) is 4.29. The van der Waals surface area contributed by atoms with Crippen LogP contribution >= 0.6 is 0 Å². The topological polar surface area (TPSA) is 41.3 Å². The van der Waals surface area contributed by atoms with E-state index in [9.17, 15) is 0 Å². The number of anilines is 1. The van der Waals surface area contributed by atoms with Crippen LogP contribution in [0.25, 0.3) is 0 Å². The monoisotopic (exact) mass is 263 g/mol. The number of nitrogens with one attached hydrogen (secondary N) is 1. The summed E-state index contributed by atoms with van der Waals surface area (Å²) >= 11 is 0. The van der Waals surface area contributed by atoms with Gasteiger partial charge in [0.15, 0.2) is 0 Å². The maximum Gasteiger partial charge on any atom is 0.297 e. The highest BCUT2D eigenvalue weighted by Crippen LogP contribution is 2.27. The van der Waals surface area contributed by atoms with Crippen LogP contribution in [0, 0.1) is 0 Å². The van der Waals surface area contributed by atoms with Gasteiger partial charge in [0.05, 0.1) is 5.69 Å². The highest BCUT2D eigenvalue weighted by Gasteiger charge is 2.24. The summed E-state index contributed by atoms with van der Waals surface area (Å²) in [6.07, 6.45) is 11.1. The second kappa shape index (κ2) is 5.95. The Morgan fingerprint density at radius 3 is 2.74 bits per heavy atom. The lowest BCUT2D eigenvalue weighted by Crippen LogP contribution is -2.36. The maximum absolute atomic E-state index is 5.70. The zero-order chi connectivity index (χ0) is 13.1. The van der Waals surface area contributed by atoms with Crippen molar-refractivity contribution >= 4 is 6.01 Å². The number of aromatic nitrogens is 1. The highest BCUT2D eigenvalue weighted by atomic mass is 16.4. The summed E-state index contributed by atoms with van der Waals surface area (Å²) in [5.74, 6) is 0. The number of rotatable bonds is 6. The molecule has 0 atom stereocenters. The summed E-state index contributed by atoms with van der Waals surface area (Å²) in [7, 11) is 0. The largest absolute Gasteiger partial charge is 0.432 e. The molecule has 1 heterocycles. The Bertz CT molecular complexity index is 394. The number of hydrogen-bond donors (Lipinski definition) is 1. The molecule has 2 aliphatic rings. The van der Waals surface area contributed by atoms with E-state index in [1.807, 2.05) is 6.26 Å². The molecule has 0 saturated heterocycles. The third-order valence-electron chi connectivity index (χ3n) is 4.29. The molecule has 0 radical (unpaired) electrons. The van der Waals surface area contributed by atoms with Crippen LogP contribution in [-0.2, 0) is 6.54 Å². The molecule has 0 aliphatic heterocycles. The van der Waals surface area contributed by atoms with Gasteiger partial charge in [0.1, 0.15) is 6.26 Å². The predicted molar refractivity (Wildman–Crippen MR) is 76.3 cm³/mol. The standard InChI is InChI=1S/C15H25N3O/c1-2-18(14-6-4-3-5-7-14)15-17-13(11-19-15)10-16-12-8-9-12/h11-12,14,16H,2-10H2,1H3. The summed E-state index contributed by atoms with van der Waals surface area (Å²) in [6, 6.07) is 2.17. The third kappa shape index (κ3) is 3.30. The molecule has 0 unspecified atom stereocenters. The van der Waals surface area contributed by atoms with E-state index in [0.29, 0.717) is 6.04 Å². The molecule has 1 aromatic heterocycles. The van der Waals surface area contributed by atoms with Crippen molar-refractivity contribution in [1.82, 2.24) is 10.3 Å². The Hall–Kier alpha value is -1.03. The van der Waals surface area contributed by atoms with Gasteiger partial charge in [0.2, 0.25) is 0 Å². The van der Waals surface area contributed by atoms with Crippen LogP contribution in [0.2, 0.25) is 0 Å². The van der Waals surface area contributed by atoms with Gasteiger partial charge in [-0.1, -0.05) is 19.3 Å². The molecule has 106 valence electrons. The molecule has 0 amide bonds. The van der Waals surface area contributed by atoms with Crippen LogP contribution in [0.15, 0.2) is 10.7 Å². The molecule has 2 fully saturated rings. The molecule has 19 heavy (non-hydrogen) atoms. The van der Waals surface area contributed by atoms with E-state index in [1.165, 1.54) is 44.9 Å². The SMILES string of the molecule is CCN(c1nc(CNC2CC2)co1)C1CCCCC1. The molecule has 2 saturated carbocycles. The van der Waals surface area contributed by atoms with E-state index < -0.39 is 0 Å². The molecule has 0 aromatic carbocycles. The van der Waals surface area contributed by atoms with Gasteiger partial charge in [-0.2, -0.15) is 4.98 Å². The first kappa shape index (κ1) is 13.0. The lowest BCUT2D eigenvalue weighted by atomic mass is 9.94. The molecular formula is C15H25N3O. The molecule has 0 bridgehead atoms. The van der Waals surface area contributed by atoms with Crippen LogP contribution in [-0.4, -0.2) is 23.6 Å². The normalized spacial score (nSPS) is 20.7. The smallest absolute Gasteiger partial charge is 0.297 e. The average Bonchev–Trinajstić information content (AvgIpc) is 3.17. The number of oxazole rings is 1. The van der Waals surface area contributed by atoms with E-state index in [1.54, 1.807) is 0 Å². The fourth-order valence-corrected chi connectivity index (χ4v) is 2.99. The van der Waals surface area contributed by atoms with Crippen molar-refractivity contribution in [3.63, 3.8) is 0 Å². The molecular weight excluding hydrogens is 238 g/mol. The van der Waals surface area contributed by atoms with Gasteiger partial charge in [-0.15, -0.1) is 0 Å². The van der Waals surface area contributed by atoms with Crippen LogP contribution in [0.3, 0.4) is 0 Å². The number of hydrogen-bond acceptors (Lipinski definition) is 4. The van der Waals surface area contributed by atoms with Gasteiger partial charge in [-0.25, -0.2) is 0 Å². The average molecular weight is 263 g/mol. The molecule has 3 rings (SSSR count). The van der Waals surface area contributed by atoms with Crippen molar-refractivity contribution in [2.75, 3.05) is 11.4 Å². The first-order valence-corrected chi connectivity index (χ1v) is 7.81. The van der Waals surface area contributed by atoms with Gasteiger partial charge >= 0.3 is 0 Å². The Kier molecular flexibility index (Phi) is 4.06. The van der Waals surface area contributed by atoms with Crippen molar-refractivity contribution in [2.45, 2.75) is 70.5 Å². The van der Waals surface area contributed by atoms with Crippen molar-refractivity contribution in [3.8, 4) is 0 Å². The first-order valence-electron chi connectivity index (χ1n) is 7.81. The fraction of sp³-hybridized carbons (Fsp3) is 0.800. The lowest BCUT2D eigenvalue weighted by Gasteiger charge is -2.32. The second-order valence-corrected chi connectivity index (χ2v) is 5.85. The summed E-state index contributed by atoms with van der Waals surface area (Å²) < 4.78 is 5.70. The van der Waals surface area contributed by atoms with Crippen LogP contribution in [0.4, 0.5) is 6.01 Å². The van der Waals surface area contributed by atoms with Gasteiger partial charge in [-0.05, 0) is 32.6 Å². The van der Waals surface area contributed by atoms with Crippen LogP contribution in [0.5, 0.6) is 0 Å². The Labute approximate surface area is 115 Å². The molecule has 4 heteroatoms. The lowest BCUT2D eigenvalue weighted by molar-refractivity contribution is 0.394. The van der Waals surface area contributed by atoms with E-state index in [-0.39, 0.29) is 0 Å². The minimum Gasteiger partial charge on any atom is -0.432 e. The van der Waals surface area contributed by atoms with Crippen molar-refractivity contribution in [1.29, 1.82) is 0 Å². The molecule has 0 spiro atoms. The van der Waals surface area contributed by atoms with Crippen LogP contribution < -0.4 is 10.2 Å². The molecule has 1 aromatic rings. The quantitative estimate of drug-likeness (QED) is 0.856. The van der Waals surface area contributed by atoms with Gasteiger partial charge in [0, 0.05) is 25.2 Å². The zero-order valence-electron chi connectivity index (χ0n) is 11.9. The van der Waals surface area contributed by atoms with Crippen molar-refractivity contribution in [3.05, 3.63) is 12.0 Å². The second-order valence-electron chi connectivity index (χ2n) is 5.85. The minimum absolute atomic E-state index is 0.627. The summed E-state index contributed by atoms with van der Waals surface area (Å²) in [5.41, 5.74) is 1.04. The van der Waals surface area contributed by atoms with Crippen LogP contribution in [0.1, 0.15) is 57.6 Å². The van der Waals surface area contributed by atoms with E-state index in [2.05, 4.69) is 22.1 Å². The van der Waals surface area contributed by atoms with Gasteiger partial charge in [0.25, 0.3) is 6.01 Å². The Morgan fingerprint density at radius 1 is 1.26 bits per heavy atom. The zero-order valence-corrected chi connectivity index (χ0v) is 11.9. The van der Waals surface area contributed by atoms with Crippen molar-refractivity contribution < 1.29 is 4.42 Å². The maximum atomic E-state index is 5.70.